The average Bonchev–Trinajstić information content (AvgIpc) is 3.03. The summed E-state index contributed by atoms with van der Waals surface area (Å²) in [5.74, 6) is 0.228. The Kier molecular flexibility index (Phi) is 3.64. The number of rotatable bonds is 3. The van der Waals surface area contributed by atoms with Gasteiger partial charge in [-0.05, 0) is 12.1 Å². The van der Waals surface area contributed by atoms with Gasteiger partial charge in [0.15, 0.2) is 4.96 Å². The van der Waals surface area contributed by atoms with E-state index in [1.807, 2.05) is 0 Å². The summed E-state index contributed by atoms with van der Waals surface area (Å²) >= 11 is 1.34. The number of fused-ring (bicyclic) bond motifs is 1. The fourth-order valence-corrected chi connectivity index (χ4v) is 2.76. The first kappa shape index (κ1) is 14.3. The van der Waals surface area contributed by atoms with Gasteiger partial charge >= 0.3 is 0 Å². The Labute approximate surface area is 130 Å². The Bertz CT molecular complexity index is 900. The predicted molar refractivity (Wildman–Crippen MR) is 85.1 cm³/mol. The Morgan fingerprint density at radius 1 is 1.41 bits per heavy atom. The molecule has 0 radical (unpaired) electrons. The highest BCUT2D eigenvalue weighted by atomic mass is 32.1. The molecule has 0 atom stereocenters. The molecule has 1 amide bonds. The van der Waals surface area contributed by atoms with Gasteiger partial charge in [0.05, 0.1) is 7.11 Å². The van der Waals surface area contributed by atoms with Gasteiger partial charge in [-0.2, -0.15) is 0 Å². The monoisotopic (exact) mass is 315 g/mol. The van der Waals surface area contributed by atoms with Crippen LogP contribution < -0.4 is 15.2 Å². The van der Waals surface area contributed by atoms with Gasteiger partial charge in [-0.25, -0.2) is 4.98 Å². The quantitative estimate of drug-likeness (QED) is 0.742. The van der Waals surface area contributed by atoms with Crippen LogP contribution in [0, 0.1) is 0 Å². The van der Waals surface area contributed by atoms with E-state index in [4.69, 9.17) is 4.74 Å². The Morgan fingerprint density at radius 2 is 2.23 bits per heavy atom. The summed E-state index contributed by atoms with van der Waals surface area (Å²) in [4.78, 5) is 31.0. The lowest BCUT2D eigenvalue weighted by atomic mass is 10.2. The number of nitrogens with zero attached hydrogens (tertiary/aromatic N) is 3. The standard InChI is InChI=1S/C15H13N3O3S/c1-17(10-4-3-5-11(8-10)21-2)13(19)12-9-16-15-18(14(12)20)6-7-22-15/h3-9H,1-2H3. The smallest absolute Gasteiger partial charge is 0.271 e. The number of hydrogen-bond acceptors (Lipinski definition) is 5. The van der Waals surface area contributed by atoms with Gasteiger partial charge in [0.1, 0.15) is 11.3 Å². The molecule has 112 valence electrons. The van der Waals surface area contributed by atoms with Crippen LogP contribution in [0.5, 0.6) is 5.75 Å². The molecule has 0 saturated heterocycles. The van der Waals surface area contributed by atoms with Crippen molar-refractivity contribution >= 4 is 27.9 Å². The van der Waals surface area contributed by atoms with Crippen LogP contribution in [0.2, 0.25) is 0 Å². The van der Waals surface area contributed by atoms with E-state index in [0.717, 1.165) is 0 Å². The summed E-state index contributed by atoms with van der Waals surface area (Å²) in [5.41, 5.74) is 0.298. The Hall–Kier alpha value is -2.67. The molecule has 0 unspecified atom stereocenters. The molecule has 0 bridgehead atoms. The van der Waals surface area contributed by atoms with Crippen molar-refractivity contribution in [2.24, 2.45) is 0 Å². The molecule has 1 aromatic carbocycles. The molecule has 7 heteroatoms. The van der Waals surface area contributed by atoms with Crippen LogP contribution in [0.3, 0.4) is 0 Å². The number of benzene rings is 1. The zero-order chi connectivity index (χ0) is 15.7. The van der Waals surface area contributed by atoms with E-state index in [-0.39, 0.29) is 11.1 Å². The minimum Gasteiger partial charge on any atom is -0.497 e. The fraction of sp³-hybridized carbons (Fsp3) is 0.133. The average molecular weight is 315 g/mol. The second-order valence-corrected chi connectivity index (χ2v) is 5.47. The van der Waals surface area contributed by atoms with Gasteiger partial charge < -0.3 is 9.64 Å². The van der Waals surface area contributed by atoms with Crippen molar-refractivity contribution in [1.82, 2.24) is 9.38 Å². The van der Waals surface area contributed by atoms with Crippen molar-refractivity contribution < 1.29 is 9.53 Å². The lowest BCUT2D eigenvalue weighted by Crippen LogP contribution is -2.32. The number of thiazole rings is 1. The normalized spacial score (nSPS) is 10.6. The molecule has 0 fully saturated rings. The minimum atomic E-state index is -0.411. The second-order valence-electron chi connectivity index (χ2n) is 4.60. The third kappa shape index (κ3) is 2.35. The van der Waals surface area contributed by atoms with E-state index >= 15 is 0 Å². The number of aromatic nitrogens is 2. The van der Waals surface area contributed by atoms with Gasteiger partial charge in [-0.15, -0.1) is 11.3 Å². The molecule has 0 aliphatic carbocycles. The largest absolute Gasteiger partial charge is 0.497 e. The third-order valence-corrected chi connectivity index (χ3v) is 4.09. The number of ether oxygens (including phenoxy) is 1. The highest BCUT2D eigenvalue weighted by Gasteiger charge is 2.19. The van der Waals surface area contributed by atoms with E-state index < -0.39 is 5.91 Å². The van der Waals surface area contributed by atoms with Crippen LogP contribution >= 0.6 is 11.3 Å². The van der Waals surface area contributed by atoms with Crippen molar-refractivity contribution in [3.05, 3.63) is 58.0 Å². The molecule has 22 heavy (non-hydrogen) atoms. The van der Waals surface area contributed by atoms with E-state index in [2.05, 4.69) is 4.98 Å². The molecule has 3 aromatic rings. The first-order chi connectivity index (χ1) is 10.6. The van der Waals surface area contributed by atoms with Crippen molar-refractivity contribution in [1.29, 1.82) is 0 Å². The molecular formula is C15H13N3O3S. The summed E-state index contributed by atoms with van der Waals surface area (Å²) in [6, 6.07) is 7.07. The zero-order valence-electron chi connectivity index (χ0n) is 12.0. The van der Waals surface area contributed by atoms with E-state index in [1.54, 1.807) is 50.0 Å². The highest BCUT2D eigenvalue weighted by molar-refractivity contribution is 7.15. The molecule has 0 saturated carbocycles. The predicted octanol–water partition coefficient (Wildman–Crippen LogP) is 2.04. The summed E-state index contributed by atoms with van der Waals surface area (Å²) in [5, 5.41) is 1.75. The summed E-state index contributed by atoms with van der Waals surface area (Å²) < 4.78 is 6.52. The van der Waals surface area contributed by atoms with Gasteiger partial charge in [0.25, 0.3) is 11.5 Å². The van der Waals surface area contributed by atoms with Crippen molar-refractivity contribution in [2.75, 3.05) is 19.1 Å². The molecule has 2 aromatic heterocycles. The van der Waals surface area contributed by atoms with Crippen molar-refractivity contribution in [2.45, 2.75) is 0 Å². The molecule has 0 spiro atoms. The summed E-state index contributed by atoms with van der Waals surface area (Å²) in [7, 11) is 3.17. The first-order valence-corrected chi connectivity index (χ1v) is 7.37. The molecule has 0 aliphatic heterocycles. The highest BCUT2D eigenvalue weighted by Crippen LogP contribution is 2.21. The lowest BCUT2D eigenvalue weighted by Gasteiger charge is -2.17. The van der Waals surface area contributed by atoms with Crippen LogP contribution in [0.25, 0.3) is 4.96 Å². The second kappa shape index (κ2) is 5.61. The third-order valence-electron chi connectivity index (χ3n) is 3.32. The van der Waals surface area contributed by atoms with E-state index in [9.17, 15) is 9.59 Å². The molecule has 0 aliphatic rings. The molecule has 0 N–H and O–H groups in total. The number of hydrogen-bond donors (Lipinski definition) is 0. The fourth-order valence-electron chi connectivity index (χ4n) is 2.09. The van der Waals surface area contributed by atoms with Gasteiger partial charge in [-0.1, -0.05) is 6.07 Å². The maximum absolute atomic E-state index is 12.6. The maximum atomic E-state index is 12.6. The van der Waals surface area contributed by atoms with Crippen LogP contribution in [0.1, 0.15) is 10.4 Å². The topological polar surface area (TPSA) is 63.9 Å². The Balaban J connectivity index is 2.01. The van der Waals surface area contributed by atoms with Gasteiger partial charge in [0, 0.05) is 36.6 Å². The van der Waals surface area contributed by atoms with Crippen LogP contribution in [-0.2, 0) is 0 Å². The number of carbonyl (C=O) groups excluding carboxylic acids is 1. The van der Waals surface area contributed by atoms with Crippen molar-refractivity contribution in [3.8, 4) is 5.75 Å². The van der Waals surface area contributed by atoms with Gasteiger partial charge in [0.2, 0.25) is 0 Å². The van der Waals surface area contributed by atoms with Crippen molar-refractivity contribution in [3.63, 3.8) is 0 Å². The summed E-state index contributed by atoms with van der Waals surface area (Å²) in [6.07, 6.45) is 2.94. The van der Waals surface area contributed by atoms with Crippen LogP contribution in [-0.4, -0.2) is 29.4 Å². The van der Waals surface area contributed by atoms with E-state index in [0.29, 0.717) is 16.4 Å². The van der Waals surface area contributed by atoms with Gasteiger partial charge in [-0.3, -0.25) is 14.0 Å². The minimum absolute atomic E-state index is 0.0289. The summed E-state index contributed by atoms with van der Waals surface area (Å²) in [6.45, 7) is 0. The molecule has 2 heterocycles. The number of methoxy groups -OCH3 is 1. The first-order valence-electron chi connectivity index (χ1n) is 6.49. The number of carbonyl (C=O) groups is 1. The molecular weight excluding hydrogens is 302 g/mol. The Morgan fingerprint density at radius 3 is 3.00 bits per heavy atom. The number of amides is 1. The maximum Gasteiger partial charge on any atom is 0.271 e. The van der Waals surface area contributed by atoms with Crippen LogP contribution in [0.4, 0.5) is 5.69 Å². The zero-order valence-corrected chi connectivity index (χ0v) is 12.8. The lowest BCUT2D eigenvalue weighted by molar-refractivity contribution is 0.0991. The molecule has 6 nitrogen and oxygen atoms in total. The number of anilines is 1. The SMILES string of the molecule is COc1cccc(N(C)C(=O)c2cnc3sccn3c2=O)c1. The van der Waals surface area contributed by atoms with Crippen LogP contribution in [0.15, 0.2) is 46.8 Å². The molecule has 3 rings (SSSR count). The van der Waals surface area contributed by atoms with E-state index in [1.165, 1.54) is 26.8 Å².